The second-order valence-corrected chi connectivity index (χ2v) is 10.8. The largest absolute Gasteiger partial charge is 0.497 e. The summed E-state index contributed by atoms with van der Waals surface area (Å²) in [5, 5.41) is 0.879. The number of benzene rings is 2. The molecule has 0 bridgehead atoms. The molecule has 1 aliphatic rings. The predicted molar refractivity (Wildman–Crippen MR) is 142 cm³/mol. The molecule has 1 aromatic heterocycles. The second kappa shape index (κ2) is 11.0. The van der Waals surface area contributed by atoms with Gasteiger partial charge in [0.1, 0.15) is 5.75 Å². The van der Waals surface area contributed by atoms with Crippen LogP contribution in [0.15, 0.2) is 65.1 Å². The fraction of sp³-hybridized carbons (Fsp3) is 0.357. The Morgan fingerprint density at radius 1 is 1.00 bits per heavy atom. The molecule has 3 aromatic rings. The van der Waals surface area contributed by atoms with Crippen molar-refractivity contribution in [2.75, 3.05) is 20.3 Å². The zero-order valence-corrected chi connectivity index (χ0v) is 22.9. The summed E-state index contributed by atoms with van der Waals surface area (Å²) in [6.07, 6.45) is 1.74. The van der Waals surface area contributed by atoms with Crippen LogP contribution in [-0.2, 0) is 36.1 Å². The zero-order chi connectivity index (χ0) is 27.6. The molecule has 38 heavy (non-hydrogen) atoms. The molecule has 2 unspecified atom stereocenters. The van der Waals surface area contributed by atoms with Crippen LogP contribution in [0.5, 0.6) is 5.75 Å². The van der Waals surface area contributed by atoms with Gasteiger partial charge in [-0.2, -0.15) is 4.31 Å². The molecule has 9 nitrogen and oxygen atoms in total. The summed E-state index contributed by atoms with van der Waals surface area (Å²) in [5.74, 6) is -0.936. The number of hydrogen-bond donors (Lipinski definition) is 0. The number of rotatable bonds is 8. The maximum absolute atomic E-state index is 14.3. The van der Waals surface area contributed by atoms with Crippen molar-refractivity contribution in [2.45, 2.75) is 44.2 Å². The van der Waals surface area contributed by atoms with Crippen molar-refractivity contribution < 1.29 is 32.2 Å². The molecule has 0 radical (unpaired) electrons. The molecule has 202 valence electrons. The first-order valence-corrected chi connectivity index (χ1v) is 13.8. The predicted octanol–water partition coefficient (Wildman–Crippen LogP) is 4.05. The van der Waals surface area contributed by atoms with E-state index in [0.717, 1.165) is 20.8 Å². The van der Waals surface area contributed by atoms with Crippen molar-refractivity contribution in [1.29, 1.82) is 0 Å². The highest BCUT2D eigenvalue weighted by Crippen LogP contribution is 2.41. The van der Waals surface area contributed by atoms with Gasteiger partial charge >= 0.3 is 11.9 Å². The lowest BCUT2D eigenvalue weighted by Crippen LogP contribution is -2.52. The molecule has 0 fully saturated rings. The Morgan fingerprint density at radius 3 is 2.32 bits per heavy atom. The first-order chi connectivity index (χ1) is 18.1. The number of carbonyl (C=O) groups excluding carboxylic acids is 2. The van der Waals surface area contributed by atoms with Crippen LogP contribution in [-0.4, -0.2) is 55.6 Å². The van der Waals surface area contributed by atoms with E-state index in [1.165, 1.54) is 12.1 Å². The topological polar surface area (TPSA) is 104 Å². The minimum absolute atomic E-state index is 0.00735. The molecular weight excluding hydrogens is 508 g/mol. The van der Waals surface area contributed by atoms with Crippen LogP contribution in [0.2, 0.25) is 0 Å². The minimum Gasteiger partial charge on any atom is -0.497 e. The van der Waals surface area contributed by atoms with Crippen molar-refractivity contribution in [1.82, 2.24) is 8.87 Å². The first kappa shape index (κ1) is 27.4. The van der Waals surface area contributed by atoms with Gasteiger partial charge < -0.3 is 18.8 Å². The number of carbonyl (C=O) groups is 2. The summed E-state index contributed by atoms with van der Waals surface area (Å²) < 4.78 is 47.4. The van der Waals surface area contributed by atoms with Gasteiger partial charge in [-0.25, -0.2) is 18.0 Å². The maximum Gasteiger partial charge on any atom is 0.335 e. The normalized spacial score (nSPS) is 18.2. The SMILES string of the molecule is CCOC(=O)C1=CCC(c2cc3ccc(OC)cc3n2C)N(S(=O)(=O)c2ccc(C)cc2)C1C(=O)OCC. The quantitative estimate of drug-likeness (QED) is 0.397. The van der Waals surface area contributed by atoms with E-state index in [-0.39, 0.29) is 30.1 Å². The van der Waals surface area contributed by atoms with Gasteiger partial charge in [-0.15, -0.1) is 0 Å². The number of nitrogens with zero attached hydrogens (tertiary/aromatic N) is 2. The molecule has 10 heteroatoms. The van der Waals surface area contributed by atoms with Crippen LogP contribution in [0.1, 0.15) is 37.6 Å². The zero-order valence-electron chi connectivity index (χ0n) is 22.1. The van der Waals surface area contributed by atoms with Crippen LogP contribution >= 0.6 is 0 Å². The van der Waals surface area contributed by atoms with Gasteiger partial charge in [0.25, 0.3) is 0 Å². The van der Waals surface area contributed by atoms with Gasteiger partial charge in [-0.05, 0) is 57.5 Å². The van der Waals surface area contributed by atoms with Crippen LogP contribution in [0.25, 0.3) is 10.9 Å². The van der Waals surface area contributed by atoms with E-state index in [4.69, 9.17) is 14.2 Å². The molecule has 0 saturated carbocycles. The lowest BCUT2D eigenvalue weighted by atomic mass is 9.95. The Hall–Kier alpha value is -3.63. The van der Waals surface area contributed by atoms with Gasteiger partial charge in [0.2, 0.25) is 10.0 Å². The number of fused-ring (bicyclic) bond motifs is 1. The average molecular weight is 541 g/mol. The van der Waals surface area contributed by atoms with E-state index in [0.29, 0.717) is 11.4 Å². The van der Waals surface area contributed by atoms with E-state index in [1.54, 1.807) is 39.2 Å². The van der Waals surface area contributed by atoms with E-state index in [2.05, 4.69) is 0 Å². The van der Waals surface area contributed by atoms with Gasteiger partial charge in [-0.3, -0.25) is 0 Å². The van der Waals surface area contributed by atoms with Crippen LogP contribution in [0, 0.1) is 6.92 Å². The van der Waals surface area contributed by atoms with E-state index >= 15 is 0 Å². The lowest BCUT2D eigenvalue weighted by Gasteiger charge is -2.39. The molecule has 0 N–H and O–H groups in total. The van der Waals surface area contributed by atoms with Gasteiger partial charge in [0.05, 0.1) is 42.4 Å². The summed E-state index contributed by atoms with van der Waals surface area (Å²) in [5.41, 5.74) is 2.31. The van der Waals surface area contributed by atoms with E-state index < -0.39 is 34.0 Å². The van der Waals surface area contributed by atoms with Crippen molar-refractivity contribution in [2.24, 2.45) is 7.05 Å². The van der Waals surface area contributed by atoms with Crippen LogP contribution in [0.4, 0.5) is 0 Å². The minimum atomic E-state index is -4.29. The highest BCUT2D eigenvalue weighted by atomic mass is 32.2. The summed E-state index contributed by atoms with van der Waals surface area (Å²) >= 11 is 0. The highest BCUT2D eigenvalue weighted by Gasteiger charge is 2.49. The molecule has 2 heterocycles. The van der Waals surface area contributed by atoms with Crippen molar-refractivity contribution in [3.05, 3.63) is 71.4 Å². The Morgan fingerprint density at radius 2 is 1.68 bits per heavy atom. The number of aromatic nitrogens is 1. The standard InChI is InChI=1S/C28H32N2O7S/c1-6-36-27(31)22-14-15-23(25-16-19-10-11-20(35-5)17-24(19)29(25)4)30(26(22)28(32)37-7-2)38(33,34)21-12-8-18(3)9-13-21/h8-14,16-17,23,26H,6-7,15H2,1-5H3. The number of methoxy groups -OCH3 is 1. The summed E-state index contributed by atoms with van der Waals surface area (Å²) in [6, 6.07) is 11.5. The van der Waals surface area contributed by atoms with E-state index in [1.807, 2.05) is 42.8 Å². The third-order valence-electron chi connectivity index (χ3n) is 6.67. The Kier molecular flexibility index (Phi) is 7.94. The third kappa shape index (κ3) is 4.93. The first-order valence-electron chi connectivity index (χ1n) is 12.4. The summed E-state index contributed by atoms with van der Waals surface area (Å²) in [4.78, 5) is 26.3. The Balaban J connectivity index is 1.97. The van der Waals surface area contributed by atoms with Crippen molar-refractivity contribution in [3.8, 4) is 5.75 Å². The second-order valence-electron chi connectivity index (χ2n) is 8.99. The molecule has 2 atom stereocenters. The number of hydrogen-bond acceptors (Lipinski definition) is 7. The molecular formula is C28H32N2O7S. The lowest BCUT2D eigenvalue weighted by molar-refractivity contribution is -0.150. The fourth-order valence-electron chi connectivity index (χ4n) is 4.80. The monoisotopic (exact) mass is 540 g/mol. The Labute approximate surface area is 222 Å². The number of aryl methyl sites for hydroxylation is 2. The smallest absolute Gasteiger partial charge is 0.335 e. The third-order valence-corrected chi connectivity index (χ3v) is 8.55. The molecule has 0 saturated heterocycles. The maximum atomic E-state index is 14.3. The van der Waals surface area contributed by atoms with Gasteiger partial charge in [0.15, 0.2) is 6.04 Å². The number of ether oxygens (including phenoxy) is 3. The molecule has 0 spiro atoms. The highest BCUT2D eigenvalue weighted by molar-refractivity contribution is 7.89. The summed E-state index contributed by atoms with van der Waals surface area (Å²) in [7, 11) is -0.883. The molecule has 2 aromatic carbocycles. The Bertz CT molecular complexity index is 1490. The van der Waals surface area contributed by atoms with Crippen LogP contribution < -0.4 is 4.74 Å². The van der Waals surface area contributed by atoms with Crippen LogP contribution in [0.3, 0.4) is 0 Å². The average Bonchev–Trinajstić information content (AvgIpc) is 3.23. The fourth-order valence-corrected chi connectivity index (χ4v) is 6.53. The number of sulfonamides is 1. The summed E-state index contributed by atoms with van der Waals surface area (Å²) in [6.45, 7) is 5.22. The molecule has 0 aliphatic carbocycles. The number of esters is 2. The van der Waals surface area contributed by atoms with E-state index in [9.17, 15) is 18.0 Å². The van der Waals surface area contributed by atoms with Gasteiger partial charge in [-0.1, -0.05) is 23.8 Å². The molecule has 1 aliphatic heterocycles. The van der Waals surface area contributed by atoms with Crippen molar-refractivity contribution in [3.63, 3.8) is 0 Å². The molecule has 4 rings (SSSR count). The van der Waals surface area contributed by atoms with Gasteiger partial charge in [0, 0.05) is 24.2 Å². The van der Waals surface area contributed by atoms with Crippen molar-refractivity contribution >= 4 is 32.9 Å². The molecule has 0 amide bonds.